The fourth-order valence-electron chi connectivity index (χ4n) is 1.33. The number of amides is 1. The van der Waals surface area contributed by atoms with Gasteiger partial charge in [-0.05, 0) is 27.2 Å². The Kier molecular flexibility index (Phi) is 3.34. The van der Waals surface area contributed by atoms with Gasteiger partial charge in [0, 0.05) is 19.1 Å². The van der Waals surface area contributed by atoms with E-state index in [1.165, 1.54) is 5.06 Å². The maximum Gasteiger partial charge on any atom is 0.407 e. The topological polar surface area (TPSA) is 61.8 Å². The lowest BCUT2D eigenvalue weighted by Crippen LogP contribution is -2.40. The molecule has 1 aliphatic heterocycles. The minimum atomic E-state index is -0.471. The lowest BCUT2D eigenvalue weighted by Gasteiger charge is -2.21. The van der Waals surface area contributed by atoms with E-state index in [0.29, 0.717) is 13.1 Å². The summed E-state index contributed by atoms with van der Waals surface area (Å²) in [7, 11) is 0. The Hall–Kier alpha value is -0.810. The summed E-state index contributed by atoms with van der Waals surface area (Å²) in [5.41, 5.74) is -0.471. The largest absolute Gasteiger partial charge is 0.444 e. The zero-order chi connectivity index (χ0) is 10.8. The molecule has 0 saturated carbocycles. The van der Waals surface area contributed by atoms with Crippen LogP contribution in [0, 0.1) is 0 Å². The Balaban J connectivity index is 2.27. The van der Waals surface area contributed by atoms with Crippen LogP contribution in [-0.2, 0) is 4.74 Å². The molecule has 82 valence electrons. The summed E-state index contributed by atoms with van der Waals surface area (Å²) in [6, 6.07) is -0.00477. The Morgan fingerprint density at radius 3 is 2.64 bits per heavy atom. The van der Waals surface area contributed by atoms with Gasteiger partial charge in [0.15, 0.2) is 0 Å². The molecule has 5 heteroatoms. The van der Waals surface area contributed by atoms with Crippen LogP contribution in [0.4, 0.5) is 4.79 Å². The number of carbonyl (C=O) groups is 1. The van der Waals surface area contributed by atoms with Crippen LogP contribution in [0.3, 0.4) is 0 Å². The van der Waals surface area contributed by atoms with Crippen molar-refractivity contribution in [2.24, 2.45) is 0 Å². The molecule has 0 spiro atoms. The van der Waals surface area contributed by atoms with Crippen molar-refractivity contribution in [3.05, 3.63) is 0 Å². The average Bonchev–Trinajstić information content (AvgIpc) is 2.30. The lowest BCUT2D eigenvalue weighted by atomic mass is 10.2. The third-order valence-electron chi connectivity index (χ3n) is 1.89. The van der Waals surface area contributed by atoms with Crippen LogP contribution in [-0.4, -0.2) is 41.1 Å². The molecule has 0 aliphatic carbocycles. The summed E-state index contributed by atoms with van der Waals surface area (Å²) in [4.78, 5) is 11.3. The molecule has 1 atom stereocenters. The molecule has 0 radical (unpaired) electrons. The molecule has 0 aromatic heterocycles. The van der Waals surface area contributed by atoms with Gasteiger partial charge in [0.05, 0.1) is 0 Å². The van der Waals surface area contributed by atoms with E-state index in [2.05, 4.69) is 5.32 Å². The fourth-order valence-corrected chi connectivity index (χ4v) is 1.33. The van der Waals surface area contributed by atoms with Gasteiger partial charge >= 0.3 is 6.09 Å². The van der Waals surface area contributed by atoms with Crippen molar-refractivity contribution >= 4 is 6.09 Å². The highest BCUT2D eigenvalue weighted by molar-refractivity contribution is 5.68. The van der Waals surface area contributed by atoms with Gasteiger partial charge < -0.3 is 15.3 Å². The monoisotopic (exact) mass is 202 g/mol. The predicted octanol–water partition coefficient (Wildman–Crippen LogP) is 0.975. The fraction of sp³-hybridized carbons (Fsp3) is 0.889. The van der Waals surface area contributed by atoms with E-state index in [1.807, 2.05) is 20.8 Å². The molecule has 1 heterocycles. The van der Waals surface area contributed by atoms with E-state index >= 15 is 0 Å². The Bertz CT molecular complexity index is 213. The van der Waals surface area contributed by atoms with Crippen LogP contribution >= 0.6 is 0 Å². The van der Waals surface area contributed by atoms with Crippen molar-refractivity contribution < 1.29 is 14.7 Å². The van der Waals surface area contributed by atoms with E-state index in [4.69, 9.17) is 9.94 Å². The molecular weight excluding hydrogens is 184 g/mol. The average molecular weight is 202 g/mol. The first kappa shape index (κ1) is 11.3. The van der Waals surface area contributed by atoms with Crippen molar-refractivity contribution in [2.75, 3.05) is 13.1 Å². The maximum absolute atomic E-state index is 11.3. The van der Waals surface area contributed by atoms with Crippen molar-refractivity contribution in [1.29, 1.82) is 0 Å². The van der Waals surface area contributed by atoms with Crippen molar-refractivity contribution in [2.45, 2.75) is 38.8 Å². The first-order valence-corrected chi connectivity index (χ1v) is 4.80. The van der Waals surface area contributed by atoms with Crippen LogP contribution in [0.2, 0.25) is 0 Å². The van der Waals surface area contributed by atoms with E-state index in [1.54, 1.807) is 0 Å². The van der Waals surface area contributed by atoms with Crippen molar-refractivity contribution in [3.8, 4) is 0 Å². The highest BCUT2D eigenvalue weighted by Gasteiger charge is 2.24. The van der Waals surface area contributed by atoms with Gasteiger partial charge in [0.1, 0.15) is 5.60 Å². The molecule has 1 aliphatic rings. The van der Waals surface area contributed by atoms with E-state index in [0.717, 1.165) is 6.42 Å². The Morgan fingerprint density at radius 1 is 1.57 bits per heavy atom. The van der Waals surface area contributed by atoms with Crippen LogP contribution in [0.1, 0.15) is 27.2 Å². The third-order valence-corrected chi connectivity index (χ3v) is 1.89. The zero-order valence-electron chi connectivity index (χ0n) is 8.91. The number of hydrogen-bond donors (Lipinski definition) is 2. The second kappa shape index (κ2) is 4.14. The van der Waals surface area contributed by atoms with E-state index < -0.39 is 11.7 Å². The summed E-state index contributed by atoms with van der Waals surface area (Å²) in [5, 5.41) is 13.0. The number of nitrogens with one attached hydrogen (secondary N) is 1. The molecule has 0 aromatic rings. The summed E-state index contributed by atoms with van der Waals surface area (Å²) in [6.45, 7) is 6.53. The molecule has 1 rings (SSSR count). The summed E-state index contributed by atoms with van der Waals surface area (Å²) >= 11 is 0. The molecular formula is C9H18N2O3. The quantitative estimate of drug-likeness (QED) is 0.665. The van der Waals surface area contributed by atoms with Crippen LogP contribution in [0.5, 0.6) is 0 Å². The Morgan fingerprint density at radius 2 is 2.21 bits per heavy atom. The molecule has 14 heavy (non-hydrogen) atoms. The maximum atomic E-state index is 11.3. The molecule has 1 amide bonds. The summed E-state index contributed by atoms with van der Waals surface area (Å²) in [6.07, 6.45) is 0.341. The van der Waals surface area contributed by atoms with Gasteiger partial charge in [-0.2, -0.15) is 5.06 Å². The third kappa shape index (κ3) is 3.93. The number of hydroxylamine groups is 2. The standard InChI is InChI=1S/C9H18N2O3/c1-9(2,3)14-8(12)10-7-4-5-11(13)6-7/h7,13H,4-6H2,1-3H3,(H,10,12). The van der Waals surface area contributed by atoms with Crippen LogP contribution < -0.4 is 5.32 Å². The first-order valence-electron chi connectivity index (χ1n) is 4.80. The lowest BCUT2D eigenvalue weighted by molar-refractivity contribution is -0.0697. The molecule has 2 N–H and O–H groups in total. The van der Waals surface area contributed by atoms with Gasteiger partial charge in [-0.3, -0.25) is 0 Å². The summed E-state index contributed by atoms with van der Waals surface area (Å²) in [5.74, 6) is 0. The normalized spacial score (nSPS) is 23.6. The molecule has 0 aromatic carbocycles. The van der Waals surface area contributed by atoms with E-state index in [9.17, 15) is 4.79 Å². The molecule has 1 unspecified atom stereocenters. The summed E-state index contributed by atoms with van der Waals surface area (Å²) < 4.78 is 5.08. The van der Waals surface area contributed by atoms with Gasteiger partial charge in [0.25, 0.3) is 0 Å². The SMILES string of the molecule is CC(C)(C)OC(=O)NC1CCN(O)C1. The molecule has 5 nitrogen and oxygen atoms in total. The number of ether oxygens (including phenoxy) is 1. The number of rotatable bonds is 1. The second-order valence-electron chi connectivity index (χ2n) is 4.54. The molecule has 0 bridgehead atoms. The van der Waals surface area contributed by atoms with Crippen LogP contribution in [0.15, 0.2) is 0 Å². The van der Waals surface area contributed by atoms with Crippen LogP contribution in [0.25, 0.3) is 0 Å². The Labute approximate surface area is 84.0 Å². The highest BCUT2D eigenvalue weighted by atomic mass is 16.6. The number of alkyl carbamates (subject to hydrolysis) is 1. The van der Waals surface area contributed by atoms with Gasteiger partial charge in [-0.25, -0.2) is 4.79 Å². The van der Waals surface area contributed by atoms with Gasteiger partial charge in [-0.1, -0.05) is 0 Å². The molecule has 1 saturated heterocycles. The smallest absolute Gasteiger partial charge is 0.407 e. The van der Waals surface area contributed by atoms with Crippen molar-refractivity contribution in [3.63, 3.8) is 0 Å². The predicted molar refractivity (Wildman–Crippen MR) is 51.1 cm³/mol. The molecule has 1 fully saturated rings. The van der Waals surface area contributed by atoms with Gasteiger partial charge in [0.2, 0.25) is 0 Å². The van der Waals surface area contributed by atoms with Gasteiger partial charge in [-0.15, -0.1) is 0 Å². The first-order chi connectivity index (χ1) is 6.37. The van der Waals surface area contributed by atoms with Crippen molar-refractivity contribution in [1.82, 2.24) is 10.4 Å². The highest BCUT2D eigenvalue weighted by Crippen LogP contribution is 2.09. The minimum absolute atomic E-state index is 0.00477. The number of hydrogen-bond acceptors (Lipinski definition) is 4. The number of carbonyl (C=O) groups excluding carboxylic acids is 1. The number of nitrogens with zero attached hydrogens (tertiary/aromatic N) is 1. The minimum Gasteiger partial charge on any atom is -0.444 e. The van der Waals surface area contributed by atoms with E-state index in [-0.39, 0.29) is 6.04 Å². The second-order valence-corrected chi connectivity index (χ2v) is 4.54. The zero-order valence-corrected chi connectivity index (χ0v) is 8.91.